The second kappa shape index (κ2) is 11.0. The zero-order valence-electron chi connectivity index (χ0n) is 18.5. The van der Waals surface area contributed by atoms with Crippen LogP contribution in [0.15, 0.2) is 30.3 Å². The lowest BCUT2D eigenvalue weighted by atomic mass is 10.1. The van der Waals surface area contributed by atoms with Gasteiger partial charge in [0, 0.05) is 18.2 Å². The molecule has 0 bridgehead atoms. The van der Waals surface area contributed by atoms with Crippen LogP contribution in [-0.2, 0) is 16.1 Å². The second-order valence-corrected chi connectivity index (χ2v) is 6.37. The Bertz CT molecular complexity index is 880. The third-order valence-corrected chi connectivity index (χ3v) is 4.53. The van der Waals surface area contributed by atoms with Gasteiger partial charge in [0.25, 0.3) is 5.91 Å². The van der Waals surface area contributed by atoms with Crippen molar-refractivity contribution in [3.05, 3.63) is 41.5 Å². The first-order chi connectivity index (χ1) is 14.9. The van der Waals surface area contributed by atoms with Gasteiger partial charge in [-0.3, -0.25) is 9.59 Å². The minimum Gasteiger partial charge on any atom is -0.497 e. The molecule has 0 heterocycles. The fourth-order valence-corrected chi connectivity index (χ4v) is 2.99. The molecule has 0 fully saturated rings. The lowest BCUT2D eigenvalue weighted by Crippen LogP contribution is -2.35. The number of benzene rings is 2. The number of hydrogen-bond acceptors (Lipinski definition) is 8. The van der Waals surface area contributed by atoms with Gasteiger partial charge in [0.2, 0.25) is 5.75 Å². The number of esters is 1. The molecule has 9 nitrogen and oxygen atoms in total. The molecule has 0 unspecified atom stereocenters. The summed E-state index contributed by atoms with van der Waals surface area (Å²) in [5, 5.41) is 0. The van der Waals surface area contributed by atoms with E-state index in [1.165, 1.54) is 59.7 Å². The molecule has 31 heavy (non-hydrogen) atoms. The van der Waals surface area contributed by atoms with Crippen molar-refractivity contribution in [2.24, 2.45) is 0 Å². The summed E-state index contributed by atoms with van der Waals surface area (Å²) in [5.74, 6) is 1.15. The molecule has 1 amide bonds. The maximum Gasteiger partial charge on any atom is 0.325 e. The largest absolute Gasteiger partial charge is 0.497 e. The van der Waals surface area contributed by atoms with Crippen molar-refractivity contribution in [1.82, 2.24) is 4.90 Å². The van der Waals surface area contributed by atoms with Crippen LogP contribution in [0.3, 0.4) is 0 Å². The van der Waals surface area contributed by atoms with Crippen molar-refractivity contribution >= 4 is 11.9 Å². The SMILES string of the molecule is COC(=O)CN(Cc1cc(OC)cc(OC)c1)C(=O)c1cc(OC)c(OC)c(OC)c1. The van der Waals surface area contributed by atoms with Crippen molar-refractivity contribution in [3.8, 4) is 28.7 Å². The quantitative estimate of drug-likeness (QED) is 0.528. The van der Waals surface area contributed by atoms with E-state index >= 15 is 0 Å². The number of carbonyl (C=O) groups excluding carboxylic acids is 2. The molecule has 2 aromatic carbocycles. The number of rotatable bonds is 10. The highest BCUT2D eigenvalue weighted by molar-refractivity contribution is 5.97. The Labute approximate surface area is 181 Å². The Morgan fingerprint density at radius 1 is 0.742 bits per heavy atom. The summed E-state index contributed by atoms with van der Waals surface area (Å²) >= 11 is 0. The van der Waals surface area contributed by atoms with E-state index in [4.69, 9.17) is 28.4 Å². The molecule has 0 aliphatic rings. The maximum atomic E-state index is 13.3. The van der Waals surface area contributed by atoms with Gasteiger partial charge in [-0.05, 0) is 29.8 Å². The van der Waals surface area contributed by atoms with Gasteiger partial charge in [-0.15, -0.1) is 0 Å². The Morgan fingerprint density at radius 3 is 1.71 bits per heavy atom. The molecule has 2 rings (SSSR count). The fourth-order valence-electron chi connectivity index (χ4n) is 2.99. The molecule has 0 saturated heterocycles. The average Bonchev–Trinajstić information content (AvgIpc) is 2.81. The number of hydrogen-bond donors (Lipinski definition) is 0. The van der Waals surface area contributed by atoms with Crippen LogP contribution in [0, 0.1) is 0 Å². The normalized spacial score (nSPS) is 10.1. The zero-order chi connectivity index (χ0) is 23.0. The number of amides is 1. The van der Waals surface area contributed by atoms with Crippen molar-refractivity contribution in [2.75, 3.05) is 49.2 Å². The molecule has 0 radical (unpaired) electrons. The number of methoxy groups -OCH3 is 6. The maximum absolute atomic E-state index is 13.3. The average molecular weight is 433 g/mol. The van der Waals surface area contributed by atoms with Crippen LogP contribution in [0.2, 0.25) is 0 Å². The van der Waals surface area contributed by atoms with Gasteiger partial charge in [-0.1, -0.05) is 0 Å². The summed E-state index contributed by atoms with van der Waals surface area (Å²) in [6.07, 6.45) is 0. The highest BCUT2D eigenvalue weighted by atomic mass is 16.5. The van der Waals surface area contributed by atoms with E-state index in [0.29, 0.717) is 34.3 Å². The topological polar surface area (TPSA) is 92.8 Å². The lowest BCUT2D eigenvalue weighted by Gasteiger charge is -2.23. The standard InChI is InChI=1S/C22H27NO8/c1-26-16-7-14(8-17(11-16)27-2)12-23(13-20(24)30-5)22(25)15-9-18(28-3)21(31-6)19(10-15)29-4/h7-11H,12-13H2,1-6H3. The van der Waals surface area contributed by atoms with Crippen LogP contribution in [-0.4, -0.2) is 66.0 Å². The summed E-state index contributed by atoms with van der Waals surface area (Å²) in [6, 6.07) is 8.29. The molecule has 0 aliphatic carbocycles. The molecule has 0 spiro atoms. The van der Waals surface area contributed by atoms with Gasteiger partial charge in [0.15, 0.2) is 11.5 Å². The minimum absolute atomic E-state index is 0.109. The molecule has 0 aromatic heterocycles. The lowest BCUT2D eigenvalue weighted by molar-refractivity contribution is -0.141. The number of nitrogens with zero attached hydrogens (tertiary/aromatic N) is 1. The van der Waals surface area contributed by atoms with Crippen LogP contribution in [0.1, 0.15) is 15.9 Å². The predicted octanol–water partition coefficient (Wildman–Crippen LogP) is 2.55. The molecule has 0 aliphatic heterocycles. The minimum atomic E-state index is -0.560. The van der Waals surface area contributed by atoms with E-state index in [2.05, 4.69) is 0 Å². The van der Waals surface area contributed by atoms with Crippen LogP contribution >= 0.6 is 0 Å². The molecule has 168 valence electrons. The molecule has 0 saturated carbocycles. The Balaban J connectivity index is 2.47. The van der Waals surface area contributed by atoms with Crippen molar-refractivity contribution in [3.63, 3.8) is 0 Å². The van der Waals surface area contributed by atoms with Gasteiger partial charge in [0.1, 0.15) is 18.0 Å². The van der Waals surface area contributed by atoms with Gasteiger partial charge in [-0.25, -0.2) is 0 Å². The van der Waals surface area contributed by atoms with Crippen LogP contribution in [0.5, 0.6) is 28.7 Å². The highest BCUT2D eigenvalue weighted by Gasteiger charge is 2.24. The van der Waals surface area contributed by atoms with Crippen LogP contribution < -0.4 is 23.7 Å². The molecule has 9 heteroatoms. The summed E-state index contributed by atoms with van der Waals surface area (Å²) in [4.78, 5) is 26.7. The predicted molar refractivity (Wildman–Crippen MR) is 112 cm³/mol. The highest BCUT2D eigenvalue weighted by Crippen LogP contribution is 2.38. The Morgan fingerprint density at radius 2 is 1.29 bits per heavy atom. The van der Waals surface area contributed by atoms with Crippen molar-refractivity contribution < 1.29 is 38.0 Å². The van der Waals surface area contributed by atoms with Gasteiger partial charge in [-0.2, -0.15) is 0 Å². The second-order valence-electron chi connectivity index (χ2n) is 6.37. The fraction of sp³-hybridized carbons (Fsp3) is 0.364. The summed E-state index contributed by atoms with van der Waals surface area (Å²) in [5.41, 5.74) is 0.967. The number of ether oxygens (including phenoxy) is 6. The molecule has 0 N–H and O–H groups in total. The Hall–Kier alpha value is -3.62. The van der Waals surface area contributed by atoms with E-state index in [-0.39, 0.29) is 18.7 Å². The first kappa shape index (κ1) is 23.7. The van der Waals surface area contributed by atoms with E-state index in [0.717, 1.165) is 0 Å². The van der Waals surface area contributed by atoms with E-state index in [1.807, 2.05) is 0 Å². The van der Waals surface area contributed by atoms with Gasteiger partial charge >= 0.3 is 5.97 Å². The third kappa shape index (κ3) is 5.71. The number of carbonyl (C=O) groups is 2. The van der Waals surface area contributed by atoms with Crippen molar-refractivity contribution in [2.45, 2.75) is 6.54 Å². The molecule has 0 atom stereocenters. The van der Waals surface area contributed by atoms with Gasteiger partial charge in [0.05, 0.1) is 42.7 Å². The first-order valence-electron chi connectivity index (χ1n) is 9.28. The monoisotopic (exact) mass is 433 g/mol. The van der Waals surface area contributed by atoms with Crippen LogP contribution in [0.4, 0.5) is 0 Å². The van der Waals surface area contributed by atoms with E-state index < -0.39 is 11.9 Å². The smallest absolute Gasteiger partial charge is 0.325 e. The van der Waals surface area contributed by atoms with Crippen molar-refractivity contribution in [1.29, 1.82) is 0 Å². The van der Waals surface area contributed by atoms with Gasteiger partial charge < -0.3 is 33.3 Å². The molecule has 2 aromatic rings. The summed E-state index contributed by atoms with van der Waals surface area (Å²) in [7, 11) is 8.72. The summed E-state index contributed by atoms with van der Waals surface area (Å²) in [6.45, 7) is -0.149. The third-order valence-electron chi connectivity index (χ3n) is 4.53. The Kier molecular flexibility index (Phi) is 8.36. The first-order valence-corrected chi connectivity index (χ1v) is 9.28. The zero-order valence-corrected chi connectivity index (χ0v) is 18.5. The summed E-state index contributed by atoms with van der Waals surface area (Å²) < 4.78 is 31.3. The van der Waals surface area contributed by atoms with E-state index in [9.17, 15) is 9.59 Å². The molecular weight excluding hydrogens is 406 g/mol. The van der Waals surface area contributed by atoms with E-state index in [1.54, 1.807) is 18.2 Å². The van der Waals surface area contributed by atoms with Crippen LogP contribution in [0.25, 0.3) is 0 Å². The molecular formula is C22H27NO8.